The average molecular weight is 480 g/mol. The summed E-state index contributed by atoms with van der Waals surface area (Å²) in [6, 6.07) is 18.1. The van der Waals surface area contributed by atoms with Crippen LogP contribution in [0, 0.1) is 17.7 Å². The van der Waals surface area contributed by atoms with Gasteiger partial charge in [-0.15, -0.1) is 0 Å². The molecule has 0 aromatic heterocycles. The molecular formula is C32H30FNS. The lowest BCUT2D eigenvalue weighted by molar-refractivity contribution is 0.630. The number of hydrogen-bond acceptors (Lipinski definition) is 2. The van der Waals surface area contributed by atoms with Crippen LogP contribution >= 0.6 is 12.2 Å². The highest BCUT2D eigenvalue weighted by Crippen LogP contribution is 2.31. The maximum Gasteiger partial charge on any atom is 0.150 e. The number of fused-ring (bicyclic) bond motifs is 1. The van der Waals surface area contributed by atoms with E-state index in [1.807, 2.05) is 12.1 Å². The lowest BCUT2D eigenvalue weighted by Crippen LogP contribution is -1.99. The highest BCUT2D eigenvalue weighted by atomic mass is 32.1. The Bertz CT molecular complexity index is 1370. The molecule has 1 aliphatic rings. The van der Waals surface area contributed by atoms with Crippen molar-refractivity contribution in [3.05, 3.63) is 93.8 Å². The minimum absolute atomic E-state index is 0.213. The van der Waals surface area contributed by atoms with E-state index in [0.717, 1.165) is 47.9 Å². The minimum Gasteiger partial charge on any atom is -0.205 e. The SMILES string of the molecule is CCCCCc1ccc(C#CC2=Cc3ccc(-c4ccc(N=C=S)c(F)c4)cc3CC2)c(CC)c1. The van der Waals surface area contributed by atoms with Crippen molar-refractivity contribution < 1.29 is 4.39 Å². The fourth-order valence-electron chi connectivity index (χ4n) is 4.54. The van der Waals surface area contributed by atoms with Gasteiger partial charge in [0.2, 0.25) is 0 Å². The van der Waals surface area contributed by atoms with Crippen molar-refractivity contribution in [1.82, 2.24) is 0 Å². The Morgan fingerprint density at radius 3 is 2.51 bits per heavy atom. The molecule has 0 saturated carbocycles. The van der Waals surface area contributed by atoms with Gasteiger partial charge in [-0.05, 0) is 102 Å². The van der Waals surface area contributed by atoms with Gasteiger partial charge >= 0.3 is 0 Å². The normalized spacial score (nSPS) is 12.1. The van der Waals surface area contributed by atoms with Gasteiger partial charge in [-0.25, -0.2) is 4.39 Å². The third-order valence-corrected chi connectivity index (χ3v) is 6.65. The smallest absolute Gasteiger partial charge is 0.150 e. The molecule has 0 amide bonds. The van der Waals surface area contributed by atoms with Gasteiger partial charge in [-0.1, -0.05) is 74.9 Å². The molecule has 4 rings (SSSR count). The molecule has 3 aromatic carbocycles. The lowest BCUT2D eigenvalue weighted by Gasteiger charge is -2.15. The highest BCUT2D eigenvalue weighted by Gasteiger charge is 2.12. The largest absolute Gasteiger partial charge is 0.205 e. The van der Waals surface area contributed by atoms with Gasteiger partial charge < -0.3 is 0 Å². The maximum absolute atomic E-state index is 14.3. The number of unbranched alkanes of at least 4 members (excludes halogenated alkanes) is 2. The van der Waals surface area contributed by atoms with Crippen LogP contribution in [-0.2, 0) is 19.3 Å². The second-order valence-electron chi connectivity index (χ2n) is 9.00. The van der Waals surface area contributed by atoms with Gasteiger partial charge in [0.1, 0.15) is 11.5 Å². The third-order valence-electron chi connectivity index (χ3n) is 6.56. The number of rotatable bonds is 7. The summed E-state index contributed by atoms with van der Waals surface area (Å²) in [6.07, 6.45) is 9.96. The second-order valence-corrected chi connectivity index (χ2v) is 9.19. The first kappa shape index (κ1) is 24.8. The molecule has 0 unspecified atom stereocenters. The lowest BCUT2D eigenvalue weighted by atomic mass is 9.89. The van der Waals surface area contributed by atoms with E-state index >= 15 is 0 Å². The zero-order valence-corrected chi connectivity index (χ0v) is 21.3. The molecule has 0 aliphatic heterocycles. The summed E-state index contributed by atoms with van der Waals surface area (Å²) in [4.78, 5) is 3.76. The molecule has 0 N–H and O–H groups in total. The van der Waals surface area contributed by atoms with Crippen molar-refractivity contribution in [2.45, 2.75) is 58.8 Å². The third kappa shape index (κ3) is 6.23. The van der Waals surface area contributed by atoms with E-state index in [0.29, 0.717) is 0 Å². The highest BCUT2D eigenvalue weighted by molar-refractivity contribution is 7.78. The molecule has 0 saturated heterocycles. The van der Waals surface area contributed by atoms with Crippen LogP contribution < -0.4 is 0 Å². The van der Waals surface area contributed by atoms with Crippen molar-refractivity contribution in [3.63, 3.8) is 0 Å². The van der Waals surface area contributed by atoms with E-state index in [2.05, 4.69) is 84.5 Å². The molecule has 0 heterocycles. The summed E-state index contributed by atoms with van der Waals surface area (Å²) in [5.74, 6) is 6.48. The van der Waals surface area contributed by atoms with Gasteiger partial charge in [0.15, 0.2) is 0 Å². The van der Waals surface area contributed by atoms with Crippen LogP contribution in [0.25, 0.3) is 17.2 Å². The van der Waals surface area contributed by atoms with E-state index in [-0.39, 0.29) is 5.69 Å². The standard InChI is InChI=1S/C32H30FNS/c1-3-5-6-7-23-8-11-26(25(4-2)18-23)12-9-24-10-13-28-20-29(15-14-27(28)19-24)30-16-17-32(34-22-35)31(33)21-30/h8,11,14-21H,3-7,10,13H2,1-2H3. The van der Waals surface area contributed by atoms with Crippen molar-refractivity contribution in [2.24, 2.45) is 4.99 Å². The monoisotopic (exact) mass is 479 g/mol. The van der Waals surface area contributed by atoms with Crippen molar-refractivity contribution in [2.75, 3.05) is 0 Å². The molecule has 1 aliphatic carbocycles. The summed E-state index contributed by atoms with van der Waals surface area (Å²) in [5.41, 5.74) is 9.54. The van der Waals surface area contributed by atoms with Gasteiger partial charge in [-0.3, -0.25) is 0 Å². The van der Waals surface area contributed by atoms with E-state index in [1.54, 1.807) is 6.07 Å². The molecule has 0 spiro atoms. The Morgan fingerprint density at radius 1 is 0.914 bits per heavy atom. The van der Waals surface area contributed by atoms with Gasteiger partial charge in [0.05, 0.1) is 5.16 Å². The summed E-state index contributed by atoms with van der Waals surface area (Å²) >= 11 is 4.58. The van der Waals surface area contributed by atoms with Crippen LogP contribution in [0.4, 0.5) is 10.1 Å². The summed E-state index contributed by atoms with van der Waals surface area (Å²) < 4.78 is 14.3. The molecule has 0 radical (unpaired) electrons. The van der Waals surface area contributed by atoms with Crippen molar-refractivity contribution >= 4 is 29.1 Å². The number of aliphatic imine (C=N–C) groups is 1. The molecule has 1 nitrogen and oxygen atoms in total. The molecule has 176 valence electrons. The van der Waals surface area contributed by atoms with Crippen LogP contribution in [0.2, 0.25) is 0 Å². The van der Waals surface area contributed by atoms with Gasteiger partial charge in [-0.2, -0.15) is 4.99 Å². The zero-order chi connectivity index (χ0) is 24.6. The van der Waals surface area contributed by atoms with Crippen LogP contribution in [0.15, 0.2) is 65.2 Å². The first-order valence-corrected chi connectivity index (χ1v) is 12.9. The van der Waals surface area contributed by atoms with Crippen molar-refractivity contribution in [1.29, 1.82) is 0 Å². The summed E-state index contributed by atoms with van der Waals surface area (Å²) in [5, 5.41) is 2.22. The Hall–Kier alpha value is -3.31. The number of halogens is 1. The molecule has 3 aromatic rings. The minimum atomic E-state index is -0.393. The van der Waals surface area contributed by atoms with Gasteiger partial charge in [0, 0.05) is 11.1 Å². The zero-order valence-electron chi connectivity index (χ0n) is 20.5. The van der Waals surface area contributed by atoms with Crippen LogP contribution in [0.5, 0.6) is 0 Å². The first-order chi connectivity index (χ1) is 17.1. The van der Waals surface area contributed by atoms with Crippen LogP contribution in [-0.4, -0.2) is 5.16 Å². The second kappa shape index (κ2) is 11.9. The fraction of sp³-hybridized carbons (Fsp3) is 0.281. The maximum atomic E-state index is 14.3. The Labute approximate surface area is 213 Å². The first-order valence-electron chi connectivity index (χ1n) is 12.5. The number of aryl methyl sites for hydroxylation is 3. The molecule has 3 heteroatoms. The Balaban J connectivity index is 1.53. The molecular weight excluding hydrogens is 449 g/mol. The topological polar surface area (TPSA) is 12.4 Å². The van der Waals surface area contributed by atoms with E-state index in [9.17, 15) is 4.39 Å². The van der Waals surface area contributed by atoms with Crippen molar-refractivity contribution in [3.8, 4) is 23.0 Å². The number of isothiocyanates is 1. The summed E-state index contributed by atoms with van der Waals surface area (Å²) in [7, 11) is 0. The molecule has 0 fully saturated rings. The van der Waals surface area contributed by atoms with E-state index in [1.165, 1.54) is 47.6 Å². The number of nitrogens with zero attached hydrogens (tertiary/aromatic N) is 1. The van der Waals surface area contributed by atoms with Crippen LogP contribution in [0.3, 0.4) is 0 Å². The Kier molecular flexibility index (Phi) is 8.43. The average Bonchev–Trinajstić information content (AvgIpc) is 2.88. The predicted molar refractivity (Wildman–Crippen MR) is 149 cm³/mol. The van der Waals surface area contributed by atoms with Crippen LogP contribution in [0.1, 0.15) is 67.3 Å². The number of allylic oxidation sites excluding steroid dienone is 1. The number of benzene rings is 3. The van der Waals surface area contributed by atoms with E-state index < -0.39 is 5.82 Å². The quantitative estimate of drug-likeness (QED) is 0.143. The molecule has 0 atom stereocenters. The van der Waals surface area contributed by atoms with E-state index in [4.69, 9.17) is 0 Å². The molecule has 35 heavy (non-hydrogen) atoms. The number of hydrogen-bond donors (Lipinski definition) is 0. The number of thiocarbonyl (C=S) groups is 1. The summed E-state index contributed by atoms with van der Waals surface area (Å²) in [6.45, 7) is 4.45. The fourth-order valence-corrected chi connectivity index (χ4v) is 4.64. The predicted octanol–water partition coefficient (Wildman–Crippen LogP) is 8.90. The van der Waals surface area contributed by atoms with Gasteiger partial charge in [0.25, 0.3) is 0 Å². The molecule has 0 bridgehead atoms. The Morgan fingerprint density at radius 2 is 1.74 bits per heavy atom.